The van der Waals surface area contributed by atoms with Crippen LogP contribution >= 0.6 is 0 Å². The van der Waals surface area contributed by atoms with Gasteiger partial charge >= 0.3 is 0 Å². The lowest BCUT2D eigenvalue weighted by Crippen LogP contribution is -2.13. The van der Waals surface area contributed by atoms with Crippen molar-refractivity contribution < 1.29 is 9.32 Å². The van der Waals surface area contributed by atoms with E-state index in [2.05, 4.69) is 10.5 Å². The fraction of sp³-hybridized carbons (Fsp3) is 0.0667. The summed E-state index contributed by atoms with van der Waals surface area (Å²) < 4.78 is 5.29. The summed E-state index contributed by atoms with van der Waals surface area (Å²) in [4.78, 5) is 12.2. The highest BCUT2D eigenvalue weighted by molar-refractivity contribution is 6.06. The smallest absolute Gasteiger partial charge is 0.238 e. The first-order valence-corrected chi connectivity index (χ1v) is 6.09. The molecule has 4 rings (SSSR count). The molecule has 1 N–H and O–H groups in total. The summed E-state index contributed by atoms with van der Waals surface area (Å²) in [6.45, 7) is 0. The van der Waals surface area contributed by atoms with Crippen LogP contribution in [0.3, 0.4) is 0 Å². The van der Waals surface area contributed by atoms with Crippen LogP contribution in [-0.4, -0.2) is 11.1 Å². The average molecular weight is 250 g/mol. The van der Waals surface area contributed by atoms with Crippen LogP contribution in [0.1, 0.15) is 17.2 Å². The topological polar surface area (TPSA) is 55.1 Å². The number of nitrogens with zero attached hydrogens (tertiary/aromatic N) is 1. The molecule has 1 aliphatic heterocycles. The molecule has 19 heavy (non-hydrogen) atoms. The molecule has 4 heteroatoms. The Balaban J connectivity index is 1.95. The number of amides is 1. The van der Waals surface area contributed by atoms with Crippen LogP contribution in [0.2, 0.25) is 0 Å². The van der Waals surface area contributed by atoms with Crippen molar-refractivity contribution in [3.63, 3.8) is 0 Å². The molecule has 92 valence electrons. The van der Waals surface area contributed by atoms with E-state index in [1.807, 2.05) is 48.5 Å². The van der Waals surface area contributed by atoms with Crippen LogP contribution in [-0.2, 0) is 4.79 Å². The van der Waals surface area contributed by atoms with Crippen molar-refractivity contribution in [3.8, 4) is 0 Å². The Labute approximate surface area is 109 Å². The summed E-state index contributed by atoms with van der Waals surface area (Å²) in [5.41, 5.74) is 3.18. The van der Waals surface area contributed by atoms with Gasteiger partial charge in [0.25, 0.3) is 0 Å². The van der Waals surface area contributed by atoms with Gasteiger partial charge in [-0.05, 0) is 23.8 Å². The average Bonchev–Trinajstić information content (AvgIpc) is 2.98. The molecule has 0 saturated heterocycles. The predicted molar refractivity (Wildman–Crippen MR) is 70.9 cm³/mol. The minimum Gasteiger partial charge on any atom is -0.356 e. The van der Waals surface area contributed by atoms with Gasteiger partial charge in [-0.2, -0.15) is 0 Å². The van der Waals surface area contributed by atoms with Crippen molar-refractivity contribution in [2.24, 2.45) is 0 Å². The van der Waals surface area contributed by atoms with E-state index in [1.165, 1.54) is 0 Å². The van der Waals surface area contributed by atoms with E-state index >= 15 is 0 Å². The van der Waals surface area contributed by atoms with Gasteiger partial charge in [-0.15, -0.1) is 0 Å². The zero-order valence-corrected chi connectivity index (χ0v) is 9.96. The van der Waals surface area contributed by atoms with Gasteiger partial charge in [-0.3, -0.25) is 4.79 Å². The molecule has 1 aliphatic rings. The number of hydrogen-bond donors (Lipinski definition) is 1. The largest absolute Gasteiger partial charge is 0.356 e. The highest BCUT2D eigenvalue weighted by Crippen LogP contribution is 2.38. The van der Waals surface area contributed by atoms with Crippen molar-refractivity contribution in [2.75, 3.05) is 5.32 Å². The van der Waals surface area contributed by atoms with Crippen LogP contribution in [0.4, 0.5) is 5.69 Å². The van der Waals surface area contributed by atoms with Crippen molar-refractivity contribution in [3.05, 3.63) is 59.8 Å². The van der Waals surface area contributed by atoms with Crippen LogP contribution in [0.25, 0.3) is 11.0 Å². The summed E-state index contributed by atoms with van der Waals surface area (Å²) in [6.07, 6.45) is 0. The molecule has 0 spiro atoms. The van der Waals surface area contributed by atoms with Crippen molar-refractivity contribution in [1.29, 1.82) is 0 Å². The maximum absolute atomic E-state index is 12.2. The first-order valence-electron chi connectivity index (χ1n) is 6.09. The first-order chi connectivity index (χ1) is 9.34. The second kappa shape index (κ2) is 3.68. The molecule has 1 aromatic heterocycles. The highest BCUT2D eigenvalue weighted by atomic mass is 16.5. The quantitative estimate of drug-likeness (QED) is 0.722. The van der Waals surface area contributed by atoms with Gasteiger partial charge in [0, 0.05) is 11.1 Å². The highest BCUT2D eigenvalue weighted by Gasteiger charge is 2.35. The lowest BCUT2D eigenvalue weighted by atomic mass is 9.95. The van der Waals surface area contributed by atoms with E-state index < -0.39 is 0 Å². The Hall–Kier alpha value is -2.62. The molecular formula is C15H10N2O2. The number of nitrogens with one attached hydrogen (secondary N) is 1. The third-order valence-corrected chi connectivity index (χ3v) is 3.47. The SMILES string of the molecule is O=C1Nc2ccccc2C1c1noc2ccccc12. The summed E-state index contributed by atoms with van der Waals surface area (Å²) in [6, 6.07) is 15.3. The fourth-order valence-electron chi connectivity index (χ4n) is 2.59. The number of carbonyl (C=O) groups excluding carboxylic acids is 1. The number of aromatic nitrogens is 1. The van der Waals surface area contributed by atoms with Crippen LogP contribution in [0.15, 0.2) is 53.1 Å². The Bertz CT molecular complexity index is 791. The molecule has 0 aliphatic carbocycles. The van der Waals surface area contributed by atoms with E-state index in [4.69, 9.17) is 4.52 Å². The zero-order chi connectivity index (χ0) is 12.8. The number of fused-ring (bicyclic) bond motifs is 2. The van der Waals surface area contributed by atoms with Gasteiger partial charge in [0.2, 0.25) is 5.91 Å². The maximum Gasteiger partial charge on any atom is 0.238 e. The second-order valence-corrected chi connectivity index (χ2v) is 4.57. The molecule has 0 saturated carbocycles. The van der Waals surface area contributed by atoms with Crippen LogP contribution < -0.4 is 5.32 Å². The first kappa shape index (κ1) is 10.3. The number of para-hydroxylation sites is 2. The Morgan fingerprint density at radius 2 is 1.84 bits per heavy atom. The number of benzene rings is 2. The zero-order valence-electron chi connectivity index (χ0n) is 9.96. The van der Waals surface area contributed by atoms with Crippen LogP contribution in [0.5, 0.6) is 0 Å². The summed E-state index contributed by atoms with van der Waals surface area (Å²) in [7, 11) is 0. The van der Waals surface area contributed by atoms with Crippen molar-refractivity contribution in [1.82, 2.24) is 5.16 Å². The maximum atomic E-state index is 12.2. The van der Waals surface area contributed by atoms with E-state index in [1.54, 1.807) is 0 Å². The monoisotopic (exact) mass is 250 g/mol. The molecule has 0 fully saturated rings. The number of rotatable bonds is 1. The van der Waals surface area contributed by atoms with E-state index in [0.29, 0.717) is 11.3 Å². The summed E-state index contributed by atoms with van der Waals surface area (Å²) in [5.74, 6) is -0.444. The number of hydrogen-bond acceptors (Lipinski definition) is 3. The van der Waals surface area contributed by atoms with Gasteiger partial charge in [0.15, 0.2) is 5.58 Å². The van der Waals surface area contributed by atoms with Crippen molar-refractivity contribution >= 4 is 22.6 Å². The molecular weight excluding hydrogens is 240 g/mol. The summed E-state index contributed by atoms with van der Waals surface area (Å²) >= 11 is 0. The van der Waals surface area contributed by atoms with Gasteiger partial charge < -0.3 is 9.84 Å². The molecule has 1 amide bonds. The van der Waals surface area contributed by atoms with Gasteiger partial charge in [0.1, 0.15) is 11.6 Å². The van der Waals surface area contributed by atoms with E-state index in [9.17, 15) is 4.79 Å². The predicted octanol–water partition coefficient (Wildman–Crippen LogP) is 2.91. The normalized spacial score (nSPS) is 17.5. The van der Waals surface area contributed by atoms with Crippen molar-refractivity contribution in [2.45, 2.75) is 5.92 Å². The van der Waals surface area contributed by atoms with Gasteiger partial charge in [-0.25, -0.2) is 0 Å². The molecule has 1 atom stereocenters. The number of carbonyl (C=O) groups is 1. The lowest BCUT2D eigenvalue weighted by Gasteiger charge is -2.04. The van der Waals surface area contributed by atoms with Gasteiger partial charge in [0.05, 0.1) is 0 Å². The molecule has 4 nitrogen and oxygen atoms in total. The molecule has 1 unspecified atom stereocenters. The second-order valence-electron chi connectivity index (χ2n) is 4.57. The minimum absolute atomic E-state index is 0.0553. The van der Waals surface area contributed by atoms with Crippen LogP contribution in [0, 0.1) is 0 Å². The Morgan fingerprint density at radius 1 is 1.05 bits per heavy atom. The number of anilines is 1. The minimum atomic E-state index is -0.389. The van der Waals surface area contributed by atoms with E-state index in [-0.39, 0.29) is 11.8 Å². The van der Waals surface area contributed by atoms with E-state index in [0.717, 1.165) is 16.6 Å². The Morgan fingerprint density at radius 3 is 2.79 bits per heavy atom. The summed E-state index contributed by atoms with van der Waals surface area (Å²) in [5, 5.41) is 7.86. The molecule has 3 aromatic rings. The lowest BCUT2D eigenvalue weighted by molar-refractivity contribution is -0.116. The standard InChI is InChI=1S/C15H10N2O2/c18-15-13(9-5-1-3-7-11(9)16-15)14-10-6-2-4-8-12(10)19-17-14/h1-8,13H,(H,16,18). The molecule has 2 aromatic carbocycles. The van der Waals surface area contributed by atoms with Gasteiger partial charge in [-0.1, -0.05) is 35.5 Å². The molecule has 2 heterocycles. The molecule has 0 radical (unpaired) electrons. The fourth-order valence-corrected chi connectivity index (χ4v) is 2.59. The Kier molecular flexibility index (Phi) is 2.00. The molecule has 0 bridgehead atoms. The third kappa shape index (κ3) is 1.40. The third-order valence-electron chi connectivity index (χ3n) is 3.47.